The fourth-order valence-electron chi connectivity index (χ4n) is 9.81. The van der Waals surface area contributed by atoms with Gasteiger partial charge in [0, 0.05) is 52.7 Å². The molecule has 0 N–H and O–H groups in total. The molecule has 0 amide bonds. The van der Waals surface area contributed by atoms with Gasteiger partial charge in [-0.05, 0) is 119 Å². The van der Waals surface area contributed by atoms with Gasteiger partial charge in [0.1, 0.15) is 6.73 Å². The van der Waals surface area contributed by atoms with Crippen molar-refractivity contribution in [2.24, 2.45) is 28.2 Å². The summed E-state index contributed by atoms with van der Waals surface area (Å²) >= 11 is 3.08. The lowest BCUT2D eigenvalue weighted by atomic mass is 9.49. The third kappa shape index (κ3) is 8.74. The van der Waals surface area contributed by atoms with Gasteiger partial charge in [-0.15, -0.1) is 10.2 Å². The Labute approximate surface area is 350 Å². The van der Waals surface area contributed by atoms with E-state index in [0.717, 1.165) is 73.7 Å². The van der Waals surface area contributed by atoms with Crippen LogP contribution in [0.1, 0.15) is 73.6 Å². The van der Waals surface area contributed by atoms with E-state index in [0.29, 0.717) is 54.2 Å². The van der Waals surface area contributed by atoms with E-state index >= 15 is 0 Å². The average Bonchev–Trinajstić information content (AvgIpc) is 3.87. The van der Waals surface area contributed by atoms with Crippen LogP contribution in [0.2, 0.25) is 25.7 Å². The number of carbonyl (C=O) groups excluding carboxylic acids is 1. The molecule has 1 aromatic carbocycles. The molecule has 0 radical (unpaired) electrons. The van der Waals surface area contributed by atoms with Crippen molar-refractivity contribution in [1.29, 1.82) is 0 Å². The Morgan fingerprint density at radius 1 is 1.03 bits per heavy atom. The number of methoxy groups -OCH3 is 1. The molecule has 4 aliphatic rings. The second kappa shape index (κ2) is 17.1. The quantitative estimate of drug-likeness (QED) is 0.0512. The first-order chi connectivity index (χ1) is 27.9. The Morgan fingerprint density at radius 3 is 2.47 bits per heavy atom. The lowest BCUT2D eigenvalue weighted by Crippen LogP contribution is -2.48. The molecule has 15 heteroatoms. The van der Waals surface area contributed by atoms with Gasteiger partial charge in [-0.25, -0.2) is 9.78 Å². The van der Waals surface area contributed by atoms with E-state index < -0.39 is 14.0 Å². The van der Waals surface area contributed by atoms with Crippen molar-refractivity contribution in [3.05, 3.63) is 58.3 Å². The van der Waals surface area contributed by atoms with Gasteiger partial charge in [0.15, 0.2) is 27.3 Å². The summed E-state index contributed by atoms with van der Waals surface area (Å²) in [5, 5.41) is 15.0. The summed E-state index contributed by atoms with van der Waals surface area (Å²) in [7, 11) is 0.478. The first kappa shape index (κ1) is 41.0. The van der Waals surface area contributed by atoms with Crippen LogP contribution in [0.4, 0.5) is 16.8 Å². The Morgan fingerprint density at radius 2 is 1.78 bits per heavy atom. The molecule has 0 aliphatic heterocycles. The zero-order chi connectivity index (χ0) is 40.6. The van der Waals surface area contributed by atoms with Crippen LogP contribution >= 0.6 is 22.7 Å². The molecule has 4 fully saturated rings. The van der Waals surface area contributed by atoms with E-state index in [2.05, 4.69) is 53.0 Å². The fraction of sp³-hybridized carbons (Fsp3) is 0.581. The second-order valence-corrected chi connectivity index (χ2v) is 25.7. The largest absolute Gasteiger partial charge is 0.461 e. The molecular formula is C43H58N8O4S2Si. The Hall–Kier alpha value is -3.76. The van der Waals surface area contributed by atoms with Crippen molar-refractivity contribution in [2.75, 3.05) is 38.4 Å². The van der Waals surface area contributed by atoms with Crippen molar-refractivity contribution in [2.45, 2.75) is 105 Å². The maximum atomic E-state index is 13.6. The van der Waals surface area contributed by atoms with Crippen molar-refractivity contribution >= 4 is 63.7 Å². The number of hydrogen-bond donors (Lipinski definition) is 0. The van der Waals surface area contributed by atoms with Gasteiger partial charge < -0.3 is 19.1 Å². The van der Waals surface area contributed by atoms with Gasteiger partial charge in [0.25, 0.3) is 0 Å². The maximum absolute atomic E-state index is 13.6. The topological polar surface area (TPSA) is 122 Å². The number of hydrogen-bond acceptors (Lipinski definition) is 12. The number of thiazole rings is 2. The highest BCUT2D eigenvalue weighted by Crippen LogP contribution is 2.60. The number of aryl methyl sites for hydroxylation is 1. The van der Waals surface area contributed by atoms with E-state index in [4.69, 9.17) is 34.4 Å². The normalized spacial score (nSPS) is 21.7. The van der Waals surface area contributed by atoms with Crippen LogP contribution in [0.3, 0.4) is 0 Å². The summed E-state index contributed by atoms with van der Waals surface area (Å²) in [6.07, 6.45) is 10.8. The van der Waals surface area contributed by atoms with Crippen molar-refractivity contribution in [3.8, 4) is 10.4 Å². The fourth-order valence-corrected chi connectivity index (χ4v) is 12.7. The lowest BCUT2D eigenvalue weighted by Gasteiger charge is -2.56. The molecule has 0 atom stereocenters. The number of benzene rings is 1. The Bertz CT molecular complexity index is 2290. The molecule has 4 heterocycles. The van der Waals surface area contributed by atoms with Crippen LogP contribution in [0, 0.1) is 37.0 Å². The van der Waals surface area contributed by atoms with Crippen LogP contribution < -0.4 is 9.70 Å². The third-order valence-corrected chi connectivity index (χ3v) is 16.1. The van der Waals surface area contributed by atoms with E-state index in [1.807, 2.05) is 43.1 Å². The molecule has 4 aromatic heterocycles. The van der Waals surface area contributed by atoms with Gasteiger partial charge in [0.2, 0.25) is 0 Å². The number of anilines is 2. The highest BCUT2D eigenvalue weighted by Gasteiger charge is 2.51. The summed E-state index contributed by atoms with van der Waals surface area (Å²) in [5.41, 5.74) is 4.56. The zero-order valence-electron chi connectivity index (χ0n) is 35.1. The van der Waals surface area contributed by atoms with E-state index in [9.17, 15) is 4.79 Å². The lowest BCUT2D eigenvalue weighted by molar-refractivity contribution is -0.0638. The van der Waals surface area contributed by atoms with Crippen LogP contribution in [0.25, 0.3) is 20.7 Å². The molecule has 9 rings (SSSR count). The minimum absolute atomic E-state index is 0.257. The number of ether oxygens (including phenoxy) is 3. The van der Waals surface area contributed by atoms with Crippen LogP contribution in [0.5, 0.6) is 0 Å². The monoisotopic (exact) mass is 842 g/mol. The van der Waals surface area contributed by atoms with Crippen molar-refractivity contribution in [1.82, 2.24) is 29.5 Å². The minimum atomic E-state index is -1.22. The van der Waals surface area contributed by atoms with E-state index in [1.54, 1.807) is 18.4 Å². The zero-order valence-corrected chi connectivity index (χ0v) is 37.8. The molecule has 4 bridgehead atoms. The number of fused-ring (bicyclic) bond motifs is 1. The summed E-state index contributed by atoms with van der Waals surface area (Å²) in [6, 6.07) is 11.4. The highest BCUT2D eigenvalue weighted by molar-refractivity contribution is 7.19. The first-order valence-corrected chi connectivity index (χ1v) is 26.3. The van der Waals surface area contributed by atoms with Crippen LogP contribution in [-0.2, 0) is 27.5 Å². The van der Waals surface area contributed by atoms with Crippen LogP contribution in [0.15, 0.2) is 41.5 Å². The molecule has 5 aromatic rings. The van der Waals surface area contributed by atoms with Gasteiger partial charge >= 0.3 is 5.97 Å². The number of nitrogens with zero attached hydrogens (tertiary/aromatic N) is 8. The van der Waals surface area contributed by atoms with Crippen molar-refractivity contribution in [3.63, 3.8) is 0 Å². The molecule has 4 saturated carbocycles. The van der Waals surface area contributed by atoms with Gasteiger partial charge in [-0.3, -0.25) is 9.25 Å². The predicted molar refractivity (Wildman–Crippen MR) is 234 cm³/mol. The standard InChI is InChI=1S/C43H58N8O4S2Si/c1-8-55-40(52)37-38(33-25-44-51(29(33)3)26-43-22-30-19-31(23-43)21-32(20-30)24-43)57-41(45-37)49(14-11-15-53-4)36-18-28(2)39(48-47-36)46-42-50(27-54-16-17-58(5,6)7)34-12-9-10-13-35(34)56-42/h9-10,12-13,18,25,30-32H,8,11,14-17,19-24,26-27H2,1-7H3. The summed E-state index contributed by atoms with van der Waals surface area (Å²) in [5.74, 6) is 3.33. The molecule has 310 valence electrons. The number of esters is 1. The molecule has 0 spiro atoms. The van der Waals surface area contributed by atoms with Crippen LogP contribution in [-0.4, -0.2) is 77.0 Å². The Balaban J connectivity index is 1.11. The van der Waals surface area contributed by atoms with Gasteiger partial charge in [0.05, 0.1) is 27.9 Å². The summed E-state index contributed by atoms with van der Waals surface area (Å²) in [4.78, 5) is 27.2. The molecule has 58 heavy (non-hydrogen) atoms. The Kier molecular flexibility index (Phi) is 12.1. The number of para-hydroxylation sites is 1. The molecule has 4 aliphatic carbocycles. The van der Waals surface area contributed by atoms with Crippen molar-refractivity contribution < 1.29 is 19.0 Å². The number of rotatable bonds is 17. The molecule has 12 nitrogen and oxygen atoms in total. The second-order valence-electron chi connectivity index (χ2n) is 18.1. The van der Waals surface area contributed by atoms with E-state index in [1.165, 1.54) is 49.9 Å². The molecular weight excluding hydrogens is 785 g/mol. The number of carbonyl (C=O) groups is 1. The predicted octanol–water partition coefficient (Wildman–Crippen LogP) is 9.54. The third-order valence-electron chi connectivity index (χ3n) is 12.3. The smallest absolute Gasteiger partial charge is 0.358 e. The van der Waals surface area contributed by atoms with Gasteiger partial charge in [-0.1, -0.05) is 54.4 Å². The summed E-state index contributed by atoms with van der Waals surface area (Å²) in [6.45, 7) is 16.5. The molecule has 0 unspecified atom stereocenters. The van der Waals surface area contributed by atoms with Gasteiger partial charge in [-0.2, -0.15) is 10.1 Å². The molecule has 0 saturated heterocycles. The first-order valence-electron chi connectivity index (χ1n) is 20.9. The highest BCUT2D eigenvalue weighted by atomic mass is 32.1. The maximum Gasteiger partial charge on any atom is 0.358 e. The summed E-state index contributed by atoms with van der Waals surface area (Å²) < 4.78 is 22.7. The number of aromatic nitrogens is 6. The SMILES string of the molecule is CCOC(=O)c1nc(N(CCCOC)c2cc(C)c(N=c3sc4ccccc4n3COCC[Si](C)(C)C)nn2)sc1-c1cnn(CC23CC4CC(CC(C4)C2)C3)c1C. The average molecular weight is 843 g/mol. The van der Waals surface area contributed by atoms with E-state index in [-0.39, 0.29) is 6.61 Å². The minimum Gasteiger partial charge on any atom is -0.461 e.